The number of phosphoric ester groups is 1. The fraction of sp³-hybridized carbons (Fsp3) is 0.746. The predicted molar refractivity (Wildman–Crippen MR) is 348 cm³/mol. The molecule has 0 rings (SSSR count). The molecule has 10 heteroatoms. The van der Waals surface area contributed by atoms with Gasteiger partial charge in [0.15, 0.2) is 6.10 Å². The molecular formula is C71H126NO8P. The van der Waals surface area contributed by atoms with E-state index in [1.807, 2.05) is 0 Å². The van der Waals surface area contributed by atoms with Gasteiger partial charge in [-0.25, -0.2) is 4.57 Å². The van der Waals surface area contributed by atoms with Crippen LogP contribution in [0.15, 0.2) is 97.2 Å². The first kappa shape index (κ1) is 77.9. The lowest BCUT2D eigenvalue weighted by Crippen LogP contribution is -2.29. The maximum Gasteiger partial charge on any atom is 0.472 e. The predicted octanol–water partition coefficient (Wildman–Crippen LogP) is 22.0. The number of carbonyl (C=O) groups excluding carboxylic acids is 2. The van der Waals surface area contributed by atoms with Gasteiger partial charge in [0.25, 0.3) is 0 Å². The summed E-state index contributed by atoms with van der Waals surface area (Å²) in [6.45, 7) is 3.66. The number of allylic oxidation sites excluding steroid dienone is 16. The Morgan fingerprint density at radius 2 is 0.679 bits per heavy atom. The summed E-state index contributed by atoms with van der Waals surface area (Å²) < 4.78 is 33.2. The van der Waals surface area contributed by atoms with Gasteiger partial charge in [0.2, 0.25) is 0 Å². The SMILES string of the molecule is CC/C=C\C/C=C\C/C=C\C/C=C\C/C=C\C/C=C\C/C=C\CCCCCCCCCCCCCCCC(=O)OC(COC(=O)CCCCCCCCCCCCCCC/C=C\CCCCCCCCCC)COP(=O)(O)OCCN. The Labute approximate surface area is 499 Å². The van der Waals surface area contributed by atoms with Gasteiger partial charge in [-0.3, -0.25) is 18.6 Å². The van der Waals surface area contributed by atoms with Crippen molar-refractivity contribution < 1.29 is 37.6 Å². The molecule has 0 aliphatic rings. The number of rotatable bonds is 63. The van der Waals surface area contributed by atoms with Crippen molar-refractivity contribution in [2.45, 2.75) is 315 Å². The van der Waals surface area contributed by atoms with Crippen molar-refractivity contribution in [1.29, 1.82) is 0 Å². The second-order valence-corrected chi connectivity index (χ2v) is 23.8. The Hall–Kier alpha value is -3.07. The molecular weight excluding hydrogens is 1030 g/mol. The number of hydrogen-bond acceptors (Lipinski definition) is 8. The summed E-state index contributed by atoms with van der Waals surface area (Å²) in [5.74, 6) is -0.821. The highest BCUT2D eigenvalue weighted by atomic mass is 31.2. The molecule has 0 aliphatic heterocycles. The summed E-state index contributed by atoms with van der Waals surface area (Å²) in [4.78, 5) is 35.3. The van der Waals surface area contributed by atoms with Gasteiger partial charge in [0.05, 0.1) is 13.2 Å². The molecule has 3 N–H and O–H groups in total. The Morgan fingerprint density at radius 1 is 0.383 bits per heavy atom. The smallest absolute Gasteiger partial charge is 0.462 e. The molecule has 2 unspecified atom stereocenters. The summed E-state index contributed by atoms with van der Waals surface area (Å²) in [6, 6.07) is 0. The molecule has 0 radical (unpaired) electrons. The van der Waals surface area contributed by atoms with Crippen LogP contribution in [0, 0.1) is 0 Å². The van der Waals surface area contributed by atoms with Gasteiger partial charge >= 0.3 is 19.8 Å². The first-order chi connectivity index (χ1) is 39.8. The monoisotopic (exact) mass is 1150 g/mol. The molecule has 0 spiro atoms. The van der Waals surface area contributed by atoms with Crippen LogP contribution >= 0.6 is 7.82 Å². The summed E-state index contributed by atoms with van der Waals surface area (Å²) in [5.41, 5.74) is 5.40. The van der Waals surface area contributed by atoms with E-state index < -0.39 is 26.5 Å². The summed E-state index contributed by atoms with van der Waals surface area (Å²) >= 11 is 0. The summed E-state index contributed by atoms with van der Waals surface area (Å²) in [7, 11) is -4.40. The highest BCUT2D eigenvalue weighted by molar-refractivity contribution is 7.47. The molecule has 0 fully saturated rings. The Morgan fingerprint density at radius 3 is 1.02 bits per heavy atom. The lowest BCUT2D eigenvalue weighted by atomic mass is 10.0. The average Bonchev–Trinajstić information content (AvgIpc) is 3.46. The number of phosphoric acid groups is 1. The lowest BCUT2D eigenvalue weighted by molar-refractivity contribution is -0.161. The number of carbonyl (C=O) groups is 2. The zero-order valence-electron chi connectivity index (χ0n) is 52.5. The van der Waals surface area contributed by atoms with Gasteiger partial charge in [0, 0.05) is 19.4 Å². The Bertz CT molecular complexity index is 1650. The van der Waals surface area contributed by atoms with E-state index in [0.29, 0.717) is 6.42 Å². The number of ether oxygens (including phenoxy) is 2. The third-order valence-corrected chi connectivity index (χ3v) is 15.4. The summed E-state index contributed by atoms with van der Waals surface area (Å²) in [6.07, 6.45) is 89.1. The Balaban J connectivity index is 3.91. The van der Waals surface area contributed by atoms with Gasteiger partial charge in [-0.15, -0.1) is 0 Å². The number of nitrogens with two attached hydrogens (primary N) is 1. The lowest BCUT2D eigenvalue weighted by Gasteiger charge is -2.19. The zero-order chi connectivity index (χ0) is 58.7. The molecule has 0 saturated carbocycles. The molecule has 2 atom stereocenters. The van der Waals surface area contributed by atoms with Crippen LogP contribution in [0.4, 0.5) is 0 Å². The van der Waals surface area contributed by atoms with E-state index in [1.54, 1.807) is 0 Å². The second-order valence-electron chi connectivity index (χ2n) is 22.3. The molecule has 0 aliphatic carbocycles. The van der Waals surface area contributed by atoms with Crippen LogP contribution in [0.5, 0.6) is 0 Å². The van der Waals surface area contributed by atoms with Crippen molar-refractivity contribution >= 4 is 19.8 Å². The minimum atomic E-state index is -4.40. The molecule has 0 bridgehead atoms. The average molecular weight is 1150 g/mol. The minimum Gasteiger partial charge on any atom is -0.462 e. The van der Waals surface area contributed by atoms with Gasteiger partial charge in [-0.2, -0.15) is 0 Å². The van der Waals surface area contributed by atoms with Crippen LogP contribution in [0.2, 0.25) is 0 Å². The fourth-order valence-corrected chi connectivity index (χ4v) is 10.3. The molecule has 81 heavy (non-hydrogen) atoms. The first-order valence-corrected chi connectivity index (χ1v) is 35.2. The number of unbranched alkanes of at least 4 members (excludes halogenated alkanes) is 34. The van der Waals surface area contributed by atoms with Crippen LogP contribution in [-0.2, 0) is 32.7 Å². The molecule has 468 valence electrons. The fourth-order valence-electron chi connectivity index (χ4n) is 9.50. The maximum absolute atomic E-state index is 12.8. The second kappa shape index (κ2) is 66.1. The van der Waals surface area contributed by atoms with Crippen molar-refractivity contribution in [1.82, 2.24) is 0 Å². The highest BCUT2D eigenvalue weighted by Crippen LogP contribution is 2.43. The van der Waals surface area contributed by atoms with Crippen molar-refractivity contribution in [3.05, 3.63) is 97.2 Å². The number of esters is 2. The van der Waals surface area contributed by atoms with Gasteiger partial charge in [-0.1, -0.05) is 297 Å². The van der Waals surface area contributed by atoms with Crippen molar-refractivity contribution in [3.8, 4) is 0 Å². The highest BCUT2D eigenvalue weighted by Gasteiger charge is 2.26. The van der Waals surface area contributed by atoms with Gasteiger partial charge < -0.3 is 20.1 Å². The largest absolute Gasteiger partial charge is 0.472 e. The maximum atomic E-state index is 12.8. The molecule has 0 saturated heterocycles. The minimum absolute atomic E-state index is 0.0510. The Kier molecular flexibility index (Phi) is 63.6. The van der Waals surface area contributed by atoms with E-state index in [0.717, 1.165) is 83.5 Å². The standard InChI is InChI=1S/C71H126NO8P/c1-3-5-7-9-11-13-15-17-19-21-23-25-27-29-30-31-32-33-34-35-36-37-38-40-42-44-46-48-50-52-54-56-58-60-62-64-71(74)80-69(68-79-81(75,76)78-66-65-72)67-77-70(73)63-61-59-57-55-53-51-49-47-45-43-41-39-28-26-24-22-20-18-16-14-12-10-8-6-4-2/h5,7,11,13,17,19,22-25,29-30,32-33,35-36,69H,3-4,6,8-10,12,14-16,18,20-21,26-28,31,34,37-68,72H2,1-2H3,(H,75,76)/b7-5-,13-11-,19-17-,24-22-,25-23-,30-29-,33-32-,36-35-. The first-order valence-electron chi connectivity index (χ1n) is 33.7. The molecule has 0 heterocycles. The third kappa shape index (κ3) is 65.9. The van der Waals surface area contributed by atoms with E-state index in [9.17, 15) is 19.0 Å². The van der Waals surface area contributed by atoms with Crippen molar-refractivity contribution in [3.63, 3.8) is 0 Å². The van der Waals surface area contributed by atoms with Crippen LogP contribution in [0.25, 0.3) is 0 Å². The van der Waals surface area contributed by atoms with E-state index in [-0.39, 0.29) is 38.6 Å². The van der Waals surface area contributed by atoms with E-state index in [4.69, 9.17) is 24.3 Å². The van der Waals surface area contributed by atoms with Crippen LogP contribution < -0.4 is 5.73 Å². The van der Waals surface area contributed by atoms with Gasteiger partial charge in [-0.05, 0) is 96.3 Å². The van der Waals surface area contributed by atoms with E-state index >= 15 is 0 Å². The van der Waals surface area contributed by atoms with Crippen molar-refractivity contribution in [2.24, 2.45) is 5.73 Å². The molecule has 0 aromatic rings. The van der Waals surface area contributed by atoms with Gasteiger partial charge in [0.1, 0.15) is 6.61 Å². The van der Waals surface area contributed by atoms with E-state index in [1.165, 1.54) is 193 Å². The van der Waals surface area contributed by atoms with Crippen molar-refractivity contribution in [2.75, 3.05) is 26.4 Å². The normalized spacial score (nSPS) is 13.6. The van der Waals surface area contributed by atoms with Crippen LogP contribution in [-0.4, -0.2) is 49.3 Å². The molecule has 0 amide bonds. The molecule has 0 aromatic heterocycles. The third-order valence-electron chi connectivity index (χ3n) is 14.5. The molecule has 9 nitrogen and oxygen atoms in total. The van der Waals surface area contributed by atoms with Crippen LogP contribution in [0.1, 0.15) is 309 Å². The summed E-state index contributed by atoms with van der Waals surface area (Å²) in [5, 5.41) is 0. The topological polar surface area (TPSA) is 134 Å². The zero-order valence-corrected chi connectivity index (χ0v) is 53.4. The van der Waals surface area contributed by atoms with E-state index in [2.05, 4.69) is 111 Å². The van der Waals surface area contributed by atoms with Crippen LogP contribution in [0.3, 0.4) is 0 Å². The number of hydrogen-bond donors (Lipinski definition) is 2. The quantitative estimate of drug-likeness (QED) is 0.0264. The molecule has 0 aromatic carbocycles.